The second kappa shape index (κ2) is 13.8. The Bertz CT molecular complexity index is 1040. The van der Waals surface area contributed by atoms with Gasteiger partial charge in [-0.1, -0.05) is 140 Å². The normalized spacial score (nSPS) is 19.1. The molecule has 2 nitrogen and oxygen atoms in total. The Morgan fingerprint density at radius 3 is 1.32 bits per heavy atom. The number of aliphatic hydroxyl groups excluding tert-OH is 2. The topological polar surface area (TPSA) is 40.5 Å². The van der Waals surface area contributed by atoms with E-state index >= 15 is 0 Å². The number of unbranched alkanes of at least 4 members (excludes halogenated alkanes) is 2. The first-order valence-electron chi connectivity index (χ1n) is 15.2. The van der Waals surface area contributed by atoms with Gasteiger partial charge in [0.25, 0.3) is 0 Å². The Labute approximate surface area is 253 Å². The van der Waals surface area contributed by atoms with Crippen molar-refractivity contribution >= 4 is 33.3 Å². The molecule has 0 aromatic heterocycles. The standard InChI is InChI=1S/C36H54O2S2/c1-33(2,25-37)19-13-11-15-27-21-35(5,6)23-31(39-27)29-17-9-10-18-30(29)32-24-36(7,8)22-28(40-32)16-12-14-20-34(3,4)26-38/h9-10,17-18,21-24,37-38H,11-16,19-20,25-26H2,1-8H3. The number of thioether (sulfide) groups is 2. The van der Waals surface area contributed by atoms with Gasteiger partial charge in [-0.05, 0) is 70.3 Å². The van der Waals surface area contributed by atoms with E-state index in [4.69, 9.17) is 0 Å². The van der Waals surface area contributed by atoms with Gasteiger partial charge in [-0.25, -0.2) is 0 Å². The van der Waals surface area contributed by atoms with Crippen molar-refractivity contribution in [1.29, 1.82) is 0 Å². The molecular formula is C36H54O2S2. The first kappa shape index (κ1) is 33.3. The number of hydrogen-bond acceptors (Lipinski definition) is 4. The van der Waals surface area contributed by atoms with Gasteiger partial charge in [0, 0.05) is 33.9 Å². The SMILES string of the molecule is CC1(C)C=C(CCCCC(C)(C)CO)SC(c2ccccc2C2=CC(C)(C)C=C(CCCCC(C)(C)CO)S2)=C1. The molecule has 2 N–H and O–H groups in total. The summed E-state index contributed by atoms with van der Waals surface area (Å²) in [6.45, 7) is 18.4. The first-order chi connectivity index (χ1) is 18.6. The van der Waals surface area contributed by atoms with Gasteiger partial charge >= 0.3 is 0 Å². The van der Waals surface area contributed by atoms with Gasteiger partial charge in [0.05, 0.1) is 0 Å². The summed E-state index contributed by atoms with van der Waals surface area (Å²) in [5, 5.41) is 19.2. The molecule has 2 heterocycles. The van der Waals surface area contributed by atoms with Crippen LogP contribution in [0.15, 0.2) is 58.4 Å². The van der Waals surface area contributed by atoms with E-state index in [1.165, 1.54) is 30.7 Å². The highest BCUT2D eigenvalue weighted by molar-refractivity contribution is 8.12. The molecule has 0 bridgehead atoms. The minimum Gasteiger partial charge on any atom is -0.396 e. The van der Waals surface area contributed by atoms with E-state index in [0.717, 1.165) is 51.4 Å². The zero-order valence-corrected chi connectivity index (χ0v) is 28.0. The molecule has 0 saturated carbocycles. The van der Waals surface area contributed by atoms with Crippen molar-refractivity contribution in [2.45, 2.75) is 107 Å². The van der Waals surface area contributed by atoms with Gasteiger partial charge in [-0.15, -0.1) is 0 Å². The van der Waals surface area contributed by atoms with E-state index in [1.807, 2.05) is 23.5 Å². The van der Waals surface area contributed by atoms with Gasteiger partial charge in [-0.2, -0.15) is 0 Å². The smallest absolute Gasteiger partial charge is 0.0482 e. The molecule has 3 rings (SSSR count). The largest absolute Gasteiger partial charge is 0.396 e. The molecule has 0 atom stereocenters. The van der Waals surface area contributed by atoms with E-state index in [9.17, 15) is 10.2 Å². The highest BCUT2D eigenvalue weighted by atomic mass is 32.2. The molecule has 222 valence electrons. The van der Waals surface area contributed by atoms with Gasteiger partial charge in [0.1, 0.15) is 0 Å². The molecule has 0 aliphatic carbocycles. The van der Waals surface area contributed by atoms with Crippen LogP contribution in [0.25, 0.3) is 9.81 Å². The van der Waals surface area contributed by atoms with Crippen molar-refractivity contribution in [3.8, 4) is 0 Å². The third-order valence-corrected chi connectivity index (χ3v) is 10.2. The molecule has 1 aromatic carbocycles. The van der Waals surface area contributed by atoms with Crippen LogP contribution in [0.2, 0.25) is 0 Å². The van der Waals surface area contributed by atoms with Crippen LogP contribution in [0.3, 0.4) is 0 Å². The van der Waals surface area contributed by atoms with Crippen LogP contribution in [0.1, 0.15) is 118 Å². The fraction of sp³-hybridized carbons (Fsp3) is 0.611. The van der Waals surface area contributed by atoms with Crippen LogP contribution in [0, 0.1) is 21.7 Å². The molecule has 0 unspecified atom stereocenters. The molecule has 4 heteroatoms. The molecule has 0 amide bonds. The summed E-state index contributed by atoms with van der Waals surface area (Å²) in [6.07, 6.45) is 18.7. The summed E-state index contributed by atoms with van der Waals surface area (Å²) < 4.78 is 0. The fourth-order valence-electron chi connectivity index (χ4n) is 5.38. The van der Waals surface area contributed by atoms with E-state index < -0.39 is 0 Å². The molecule has 2 aliphatic rings. The van der Waals surface area contributed by atoms with Crippen LogP contribution in [-0.4, -0.2) is 23.4 Å². The highest BCUT2D eigenvalue weighted by Gasteiger charge is 2.27. The fourth-order valence-corrected chi connectivity index (χ4v) is 8.46. The summed E-state index contributed by atoms with van der Waals surface area (Å²) in [5.74, 6) is 0. The lowest BCUT2D eigenvalue weighted by molar-refractivity contribution is 0.147. The average molecular weight is 583 g/mol. The molecule has 0 radical (unpaired) electrons. The average Bonchev–Trinajstić information content (AvgIpc) is 2.87. The highest BCUT2D eigenvalue weighted by Crippen LogP contribution is 2.51. The van der Waals surface area contributed by atoms with Crippen LogP contribution in [0.5, 0.6) is 0 Å². The second-order valence-electron chi connectivity index (χ2n) is 14.7. The number of rotatable bonds is 14. The predicted octanol–water partition coefficient (Wildman–Crippen LogP) is 10.8. The summed E-state index contributed by atoms with van der Waals surface area (Å²) in [7, 11) is 0. The number of aliphatic hydroxyl groups is 2. The molecule has 2 aliphatic heterocycles. The van der Waals surface area contributed by atoms with Crippen LogP contribution in [0.4, 0.5) is 0 Å². The lowest BCUT2D eigenvalue weighted by Gasteiger charge is -2.30. The lowest BCUT2D eigenvalue weighted by atomic mass is 9.87. The van der Waals surface area contributed by atoms with Gasteiger partial charge in [-0.3, -0.25) is 0 Å². The third kappa shape index (κ3) is 10.3. The van der Waals surface area contributed by atoms with E-state index in [-0.39, 0.29) is 34.9 Å². The summed E-state index contributed by atoms with van der Waals surface area (Å²) in [4.78, 5) is 5.68. The Morgan fingerprint density at radius 1 is 0.600 bits per heavy atom. The Kier molecular flexibility index (Phi) is 11.5. The summed E-state index contributed by atoms with van der Waals surface area (Å²) in [6, 6.07) is 8.97. The molecule has 0 saturated heterocycles. The van der Waals surface area contributed by atoms with Crippen LogP contribution in [-0.2, 0) is 0 Å². The molecule has 0 spiro atoms. The van der Waals surface area contributed by atoms with Crippen molar-refractivity contribution in [2.75, 3.05) is 13.2 Å². The third-order valence-electron chi connectivity index (χ3n) is 7.92. The van der Waals surface area contributed by atoms with Crippen LogP contribution < -0.4 is 0 Å². The van der Waals surface area contributed by atoms with Crippen molar-refractivity contribution in [3.05, 3.63) is 69.5 Å². The van der Waals surface area contributed by atoms with Crippen LogP contribution >= 0.6 is 23.5 Å². The number of allylic oxidation sites excluding steroid dienone is 6. The Balaban J connectivity index is 1.74. The molecule has 1 aromatic rings. The Morgan fingerprint density at radius 2 is 0.975 bits per heavy atom. The van der Waals surface area contributed by atoms with Crippen molar-refractivity contribution in [3.63, 3.8) is 0 Å². The van der Waals surface area contributed by atoms with Crippen molar-refractivity contribution < 1.29 is 10.2 Å². The maximum atomic E-state index is 9.61. The maximum absolute atomic E-state index is 9.61. The minimum absolute atomic E-state index is 0.0137. The zero-order valence-electron chi connectivity index (χ0n) is 26.4. The monoisotopic (exact) mass is 582 g/mol. The predicted molar refractivity (Wildman–Crippen MR) is 180 cm³/mol. The maximum Gasteiger partial charge on any atom is 0.0482 e. The van der Waals surface area contributed by atoms with Gasteiger partial charge < -0.3 is 10.2 Å². The van der Waals surface area contributed by atoms with Gasteiger partial charge in [0.15, 0.2) is 0 Å². The number of benzene rings is 1. The van der Waals surface area contributed by atoms with E-state index in [2.05, 4.69) is 104 Å². The molecule has 0 fully saturated rings. The van der Waals surface area contributed by atoms with Crippen molar-refractivity contribution in [1.82, 2.24) is 0 Å². The van der Waals surface area contributed by atoms with Gasteiger partial charge in [0.2, 0.25) is 0 Å². The lowest BCUT2D eigenvalue weighted by Crippen LogP contribution is -2.16. The Hall–Kier alpha value is -1.20. The molecule has 40 heavy (non-hydrogen) atoms. The van der Waals surface area contributed by atoms with E-state index in [0.29, 0.717) is 0 Å². The first-order valence-corrected chi connectivity index (χ1v) is 16.8. The second-order valence-corrected chi connectivity index (χ2v) is 17.0. The van der Waals surface area contributed by atoms with Crippen molar-refractivity contribution in [2.24, 2.45) is 21.7 Å². The zero-order chi connectivity index (χ0) is 29.6. The summed E-state index contributed by atoms with van der Waals surface area (Å²) in [5.41, 5.74) is 2.75. The van der Waals surface area contributed by atoms with E-state index in [1.54, 1.807) is 0 Å². The summed E-state index contributed by atoms with van der Waals surface area (Å²) >= 11 is 3.90. The number of hydrogen-bond donors (Lipinski definition) is 2. The minimum atomic E-state index is 0.0137. The molecular weight excluding hydrogens is 529 g/mol. The quantitative estimate of drug-likeness (QED) is 0.214.